The van der Waals surface area contributed by atoms with Crippen LogP contribution in [-0.2, 0) is 9.59 Å². The average molecular weight is 434 g/mol. The Morgan fingerprint density at radius 2 is 1.00 bits per heavy atom. The van der Waals surface area contributed by atoms with E-state index in [4.69, 9.17) is 11.1 Å². The Morgan fingerprint density at radius 3 is 1.31 bits per heavy atom. The molecule has 4 amide bonds. The second kappa shape index (κ2) is 12.1. The van der Waals surface area contributed by atoms with Gasteiger partial charge in [-0.3, -0.25) is 29.8 Å². The second-order valence-electron chi connectivity index (χ2n) is 6.43. The van der Waals surface area contributed by atoms with Crippen LogP contribution < -0.4 is 10.6 Å². The van der Waals surface area contributed by atoms with Crippen molar-refractivity contribution in [2.24, 2.45) is 10.2 Å². The van der Waals surface area contributed by atoms with Crippen LogP contribution in [0.5, 0.6) is 0 Å². The van der Waals surface area contributed by atoms with Gasteiger partial charge in [0.25, 0.3) is 11.8 Å². The maximum absolute atomic E-state index is 12.0. The summed E-state index contributed by atoms with van der Waals surface area (Å²) in [7, 11) is 0. The van der Waals surface area contributed by atoms with Gasteiger partial charge >= 0.3 is 0 Å². The fourth-order valence-corrected chi connectivity index (χ4v) is 2.56. The molecule has 0 aliphatic rings. The molecular formula is C20H18N8O4. The lowest BCUT2D eigenvalue weighted by Crippen LogP contribution is -2.31. The number of unbranched alkanes of at least 4 members (excludes halogenated alkanes) is 1. The number of imide groups is 2. The van der Waals surface area contributed by atoms with Crippen LogP contribution >= 0.6 is 0 Å². The van der Waals surface area contributed by atoms with Gasteiger partial charge in [0, 0.05) is 45.2 Å². The minimum absolute atomic E-state index is 0.0324. The normalized spacial score (nSPS) is 9.62. The Balaban J connectivity index is 1.69. The summed E-state index contributed by atoms with van der Waals surface area (Å²) in [5, 5.41) is 11.3. The summed E-state index contributed by atoms with van der Waals surface area (Å²) in [5.41, 5.74) is 17.9. The third-order valence-electron chi connectivity index (χ3n) is 4.14. The Labute approximate surface area is 181 Å². The number of nitrogens with one attached hydrogen (secondary N) is 2. The first-order valence-electron chi connectivity index (χ1n) is 9.41. The summed E-state index contributed by atoms with van der Waals surface area (Å²) in [6.45, 7) is 0. The largest absolute Gasteiger partial charge is 0.292 e. The zero-order chi connectivity index (χ0) is 23.3. The van der Waals surface area contributed by atoms with E-state index in [-0.39, 0.29) is 24.0 Å². The van der Waals surface area contributed by atoms with E-state index in [9.17, 15) is 19.2 Å². The molecule has 12 nitrogen and oxygen atoms in total. The third-order valence-corrected chi connectivity index (χ3v) is 4.14. The zero-order valence-corrected chi connectivity index (χ0v) is 16.8. The maximum Gasteiger partial charge on any atom is 0.257 e. The highest BCUT2D eigenvalue weighted by Gasteiger charge is 2.12. The van der Waals surface area contributed by atoms with Crippen molar-refractivity contribution in [1.82, 2.24) is 10.6 Å². The van der Waals surface area contributed by atoms with Crippen molar-refractivity contribution >= 4 is 35.0 Å². The maximum atomic E-state index is 12.0. The minimum Gasteiger partial charge on any atom is -0.292 e. The standard InChI is InChI=1S/C20H18N8O4/c21-27-25-15-9-5-13(6-10-15)19(31)23-17(29)3-1-2-4-18(30)24-20(32)14-7-11-16(12-8-14)26-28-22/h5-12H,1-4H2,(H,23,29,31)(H,24,30,32). The van der Waals surface area contributed by atoms with Crippen molar-refractivity contribution in [1.29, 1.82) is 0 Å². The van der Waals surface area contributed by atoms with E-state index in [0.717, 1.165) is 0 Å². The van der Waals surface area contributed by atoms with Gasteiger partial charge in [0.15, 0.2) is 0 Å². The van der Waals surface area contributed by atoms with Gasteiger partial charge in [-0.2, -0.15) is 0 Å². The Hall–Kier alpha value is -4.66. The van der Waals surface area contributed by atoms with Crippen molar-refractivity contribution in [3.63, 3.8) is 0 Å². The van der Waals surface area contributed by atoms with E-state index in [1.54, 1.807) is 0 Å². The summed E-state index contributed by atoms with van der Waals surface area (Å²) in [6.07, 6.45) is 0.754. The molecule has 32 heavy (non-hydrogen) atoms. The van der Waals surface area contributed by atoms with Crippen LogP contribution in [0.1, 0.15) is 46.4 Å². The SMILES string of the molecule is [N-]=[N+]=Nc1ccc(C(=O)NC(=O)CCCCC(=O)NC(=O)c2ccc(N=[N+]=[N-])cc2)cc1. The van der Waals surface area contributed by atoms with E-state index in [2.05, 4.69) is 30.7 Å². The smallest absolute Gasteiger partial charge is 0.257 e. The van der Waals surface area contributed by atoms with E-state index in [1.807, 2.05) is 0 Å². The highest BCUT2D eigenvalue weighted by molar-refractivity contribution is 6.05. The molecule has 0 aliphatic heterocycles. The fraction of sp³-hybridized carbons (Fsp3) is 0.200. The molecule has 0 bridgehead atoms. The molecule has 2 aromatic rings. The van der Waals surface area contributed by atoms with Crippen LogP contribution in [0.25, 0.3) is 20.9 Å². The molecule has 2 aromatic carbocycles. The molecule has 0 spiro atoms. The van der Waals surface area contributed by atoms with Crippen molar-refractivity contribution in [2.45, 2.75) is 25.7 Å². The first-order chi connectivity index (χ1) is 15.4. The molecular weight excluding hydrogens is 416 g/mol. The topological polar surface area (TPSA) is 190 Å². The highest BCUT2D eigenvalue weighted by Crippen LogP contribution is 2.14. The van der Waals surface area contributed by atoms with Gasteiger partial charge in [0.1, 0.15) is 0 Å². The Kier molecular flexibility index (Phi) is 8.95. The number of rotatable bonds is 9. The number of carbonyl (C=O) groups excluding carboxylic acids is 4. The number of azide groups is 2. The van der Waals surface area contributed by atoms with Crippen molar-refractivity contribution in [2.75, 3.05) is 0 Å². The number of hydrogen-bond acceptors (Lipinski definition) is 6. The van der Waals surface area contributed by atoms with Crippen LogP contribution in [-0.4, -0.2) is 23.6 Å². The van der Waals surface area contributed by atoms with E-state index in [0.29, 0.717) is 24.2 Å². The van der Waals surface area contributed by atoms with Crippen LogP contribution in [0.3, 0.4) is 0 Å². The molecule has 2 rings (SSSR count). The predicted octanol–water partition coefficient (Wildman–Crippen LogP) is 4.34. The molecule has 0 radical (unpaired) electrons. The molecule has 2 N–H and O–H groups in total. The number of amides is 4. The van der Waals surface area contributed by atoms with E-state index >= 15 is 0 Å². The van der Waals surface area contributed by atoms with E-state index < -0.39 is 23.6 Å². The minimum atomic E-state index is -0.586. The summed E-state index contributed by atoms with van der Waals surface area (Å²) >= 11 is 0. The lowest BCUT2D eigenvalue weighted by atomic mass is 10.1. The number of hydrogen-bond donors (Lipinski definition) is 2. The summed E-state index contributed by atoms with van der Waals surface area (Å²) in [6, 6.07) is 11.5. The number of benzene rings is 2. The van der Waals surface area contributed by atoms with Gasteiger partial charge in [-0.05, 0) is 48.2 Å². The molecule has 162 valence electrons. The molecule has 12 heteroatoms. The molecule has 0 saturated carbocycles. The van der Waals surface area contributed by atoms with Crippen molar-refractivity contribution < 1.29 is 19.2 Å². The highest BCUT2D eigenvalue weighted by atomic mass is 16.2. The first kappa shape index (κ1) is 23.6. The molecule has 0 saturated heterocycles. The molecule has 0 atom stereocenters. The quantitative estimate of drug-likeness (QED) is 0.257. The fourth-order valence-electron chi connectivity index (χ4n) is 2.56. The van der Waals surface area contributed by atoms with Gasteiger partial charge < -0.3 is 0 Å². The van der Waals surface area contributed by atoms with Crippen LogP contribution in [0.15, 0.2) is 58.8 Å². The third kappa shape index (κ3) is 7.64. The molecule has 0 aromatic heterocycles. The van der Waals surface area contributed by atoms with Crippen molar-refractivity contribution in [3.05, 3.63) is 80.5 Å². The van der Waals surface area contributed by atoms with Gasteiger partial charge in [-0.1, -0.05) is 34.5 Å². The summed E-state index contributed by atoms with van der Waals surface area (Å²) < 4.78 is 0. The van der Waals surface area contributed by atoms with Crippen molar-refractivity contribution in [3.8, 4) is 0 Å². The van der Waals surface area contributed by atoms with Crippen LogP contribution in [0.2, 0.25) is 0 Å². The summed E-state index contributed by atoms with van der Waals surface area (Å²) in [5.74, 6) is -2.16. The van der Waals surface area contributed by atoms with Crippen LogP contribution in [0, 0.1) is 0 Å². The van der Waals surface area contributed by atoms with Crippen LogP contribution in [0.4, 0.5) is 11.4 Å². The molecule has 0 aliphatic carbocycles. The lowest BCUT2D eigenvalue weighted by Gasteiger charge is -2.06. The van der Waals surface area contributed by atoms with E-state index in [1.165, 1.54) is 48.5 Å². The van der Waals surface area contributed by atoms with Gasteiger partial charge in [0.2, 0.25) is 11.8 Å². The Bertz CT molecular complexity index is 1010. The second-order valence-corrected chi connectivity index (χ2v) is 6.43. The van der Waals surface area contributed by atoms with Gasteiger partial charge in [-0.15, -0.1) is 0 Å². The average Bonchev–Trinajstić information content (AvgIpc) is 2.78. The zero-order valence-electron chi connectivity index (χ0n) is 16.8. The number of carbonyl (C=O) groups is 4. The van der Waals surface area contributed by atoms with Gasteiger partial charge in [-0.25, -0.2) is 0 Å². The monoisotopic (exact) mass is 434 g/mol. The summed E-state index contributed by atoms with van der Waals surface area (Å²) in [4.78, 5) is 53.1. The molecule has 0 heterocycles. The Morgan fingerprint density at radius 1 is 0.656 bits per heavy atom. The number of nitrogens with zero attached hydrogens (tertiary/aromatic N) is 6. The lowest BCUT2D eigenvalue weighted by molar-refractivity contribution is -0.122. The van der Waals surface area contributed by atoms with Gasteiger partial charge in [0.05, 0.1) is 0 Å². The molecule has 0 fully saturated rings. The molecule has 0 unspecified atom stereocenters. The first-order valence-corrected chi connectivity index (χ1v) is 9.41. The predicted molar refractivity (Wildman–Crippen MR) is 114 cm³/mol.